The Morgan fingerprint density at radius 2 is 1.52 bits per heavy atom. The largest absolute Gasteiger partial charge is 0.364 e. The number of carbonyl (C=O) groups excluding carboxylic acids is 4. The second-order valence-corrected chi connectivity index (χ2v) is 8.06. The number of benzene rings is 2. The van der Waals surface area contributed by atoms with E-state index in [-0.39, 0.29) is 22.0 Å². The molecule has 0 aliphatic carbocycles. The summed E-state index contributed by atoms with van der Waals surface area (Å²) in [6.45, 7) is -0.0484. The number of nitrogens with zero attached hydrogens (tertiary/aromatic N) is 2. The van der Waals surface area contributed by atoms with E-state index in [0.29, 0.717) is 10.5 Å². The Morgan fingerprint density at radius 1 is 0.968 bits per heavy atom. The smallest absolute Gasteiger partial charge is 0.273 e. The number of fused-ring (bicyclic) bond motifs is 1. The summed E-state index contributed by atoms with van der Waals surface area (Å²) >= 11 is 0. The summed E-state index contributed by atoms with van der Waals surface area (Å²) in [6.07, 6.45) is -1.87. The van der Waals surface area contributed by atoms with E-state index in [9.17, 15) is 32.1 Å². The van der Waals surface area contributed by atoms with Gasteiger partial charge in [0.2, 0.25) is 0 Å². The van der Waals surface area contributed by atoms with Crippen LogP contribution in [0.15, 0.2) is 54.6 Å². The second kappa shape index (κ2) is 7.58. The Balaban J connectivity index is 1.57. The molecule has 0 spiro atoms. The van der Waals surface area contributed by atoms with Gasteiger partial charge in [-0.3, -0.25) is 33.5 Å². The highest BCUT2D eigenvalue weighted by Crippen LogP contribution is 2.37. The van der Waals surface area contributed by atoms with E-state index in [4.69, 9.17) is 4.84 Å². The van der Waals surface area contributed by atoms with Crippen LogP contribution in [0.25, 0.3) is 0 Å². The zero-order chi connectivity index (χ0) is 22.3. The third-order valence-electron chi connectivity index (χ3n) is 4.90. The lowest BCUT2D eigenvalue weighted by atomic mass is 9.94. The normalized spacial score (nSPS) is 20.5. The van der Waals surface area contributed by atoms with Gasteiger partial charge in [-0.25, -0.2) is 5.48 Å². The van der Waals surface area contributed by atoms with Crippen LogP contribution < -0.4 is 5.48 Å². The minimum Gasteiger partial charge on any atom is -0.273 e. The molecule has 2 aliphatic rings. The molecule has 0 saturated carbocycles. The average Bonchev–Trinajstić information content (AvgIpc) is 2.96. The monoisotopic (exact) mass is 445 g/mol. The summed E-state index contributed by atoms with van der Waals surface area (Å²) in [5.74, 6) is -5.93. The molecule has 4 rings (SSSR count). The van der Waals surface area contributed by atoms with E-state index in [1.165, 1.54) is 24.3 Å². The van der Waals surface area contributed by atoms with Crippen LogP contribution in [0, 0.1) is 5.92 Å². The van der Waals surface area contributed by atoms with Gasteiger partial charge in [0, 0.05) is 0 Å². The molecule has 0 unspecified atom stereocenters. The van der Waals surface area contributed by atoms with E-state index >= 15 is 0 Å². The molecule has 0 bridgehead atoms. The lowest BCUT2D eigenvalue weighted by Gasteiger charge is -2.45. The Labute approximate surface area is 176 Å². The summed E-state index contributed by atoms with van der Waals surface area (Å²) in [6, 6.07) is 14.4. The number of carbonyl (C=O) groups is 4. The van der Waals surface area contributed by atoms with Gasteiger partial charge in [0.1, 0.15) is 0 Å². The van der Waals surface area contributed by atoms with Crippen molar-refractivity contribution < 1.29 is 37.0 Å². The van der Waals surface area contributed by atoms with Crippen molar-refractivity contribution in [3.8, 4) is 0 Å². The summed E-state index contributed by atoms with van der Waals surface area (Å²) in [4.78, 5) is 55.9. The minimum atomic E-state index is -5.15. The van der Waals surface area contributed by atoms with Crippen molar-refractivity contribution >= 4 is 33.9 Å². The summed E-state index contributed by atoms with van der Waals surface area (Å²) < 4.78 is 32.7. The van der Waals surface area contributed by atoms with Gasteiger partial charge in [0.15, 0.2) is 12.1 Å². The molecular weight excluding hydrogens is 430 g/mol. The van der Waals surface area contributed by atoms with E-state index in [0.717, 1.165) is 0 Å². The minimum absolute atomic E-state index is 0.0124. The molecule has 160 valence electrons. The molecule has 2 atom stereocenters. The fourth-order valence-corrected chi connectivity index (χ4v) is 4.31. The first-order valence-electron chi connectivity index (χ1n) is 8.95. The molecule has 2 aromatic rings. The number of rotatable bonds is 6. The van der Waals surface area contributed by atoms with Gasteiger partial charge in [0.25, 0.3) is 23.6 Å². The number of β-lactam (4-membered cyclic amide) rings is 1. The van der Waals surface area contributed by atoms with Crippen molar-refractivity contribution in [2.45, 2.75) is 12.8 Å². The van der Waals surface area contributed by atoms with Crippen LogP contribution in [0.3, 0.4) is 0 Å². The highest BCUT2D eigenvalue weighted by Gasteiger charge is 2.63. The number of nitrogens with one attached hydrogen (secondary N) is 1. The fourth-order valence-electron chi connectivity index (χ4n) is 3.48. The molecule has 2 heterocycles. The zero-order valence-electron chi connectivity index (χ0n) is 15.7. The molecule has 2 aliphatic heterocycles. The standard InChI is InChI=1S/C19H15N3O8S/c23-15(20-30-10-11-6-2-1-3-7-11)14-16(22(19(14)26)31(27,28)29)21-17(24)12-8-4-5-9-13(12)18(21)25/h1-9,14,16H,10H2,(H,20,23)(H,27,28,29)/t14-,16+/m1/s1. The van der Waals surface area contributed by atoms with Crippen LogP contribution in [-0.2, 0) is 31.3 Å². The average molecular weight is 445 g/mol. The van der Waals surface area contributed by atoms with E-state index < -0.39 is 46.0 Å². The maximum Gasteiger partial charge on any atom is 0.364 e. The summed E-state index contributed by atoms with van der Waals surface area (Å²) in [7, 11) is -5.15. The fraction of sp³-hybridized carbons (Fsp3) is 0.158. The van der Waals surface area contributed by atoms with E-state index in [1.807, 2.05) is 5.48 Å². The second-order valence-electron chi connectivity index (χ2n) is 6.77. The molecule has 0 aromatic heterocycles. The molecule has 11 nitrogen and oxygen atoms in total. The van der Waals surface area contributed by atoms with E-state index in [1.54, 1.807) is 30.3 Å². The van der Waals surface area contributed by atoms with Crippen molar-refractivity contribution in [2.75, 3.05) is 0 Å². The van der Waals surface area contributed by atoms with Crippen molar-refractivity contribution in [3.63, 3.8) is 0 Å². The molecule has 31 heavy (non-hydrogen) atoms. The molecule has 1 saturated heterocycles. The zero-order valence-corrected chi connectivity index (χ0v) is 16.5. The maximum absolute atomic E-state index is 12.7. The van der Waals surface area contributed by atoms with Gasteiger partial charge in [-0.1, -0.05) is 42.5 Å². The van der Waals surface area contributed by atoms with Gasteiger partial charge in [-0.05, 0) is 17.7 Å². The third-order valence-corrected chi connectivity index (χ3v) is 5.79. The molecule has 0 radical (unpaired) electrons. The van der Waals surface area contributed by atoms with Crippen LogP contribution >= 0.6 is 0 Å². The lowest BCUT2D eigenvalue weighted by Crippen LogP contribution is -2.73. The number of hydroxylamine groups is 1. The van der Waals surface area contributed by atoms with Crippen LogP contribution in [0.4, 0.5) is 0 Å². The Hall–Kier alpha value is -3.61. The van der Waals surface area contributed by atoms with Crippen LogP contribution in [-0.4, -0.2) is 52.0 Å². The van der Waals surface area contributed by atoms with Crippen molar-refractivity contribution in [3.05, 3.63) is 71.3 Å². The molecule has 2 aromatic carbocycles. The van der Waals surface area contributed by atoms with Gasteiger partial charge in [-0.2, -0.15) is 12.7 Å². The predicted octanol–water partition coefficient (Wildman–Crippen LogP) is 0.118. The van der Waals surface area contributed by atoms with Gasteiger partial charge >= 0.3 is 10.3 Å². The number of amides is 4. The highest BCUT2D eigenvalue weighted by molar-refractivity contribution is 7.84. The van der Waals surface area contributed by atoms with Gasteiger partial charge in [0.05, 0.1) is 17.7 Å². The summed E-state index contributed by atoms with van der Waals surface area (Å²) in [5, 5.41) is 0. The van der Waals surface area contributed by atoms with Crippen molar-refractivity contribution in [2.24, 2.45) is 5.92 Å². The first-order valence-corrected chi connectivity index (χ1v) is 10.3. The lowest BCUT2D eigenvalue weighted by molar-refractivity contribution is -0.165. The molecule has 1 fully saturated rings. The topological polar surface area (TPSA) is 150 Å². The number of imide groups is 1. The van der Waals surface area contributed by atoms with Crippen LogP contribution in [0.1, 0.15) is 26.3 Å². The maximum atomic E-state index is 12.7. The Morgan fingerprint density at radius 3 is 2.06 bits per heavy atom. The molecule has 2 N–H and O–H groups in total. The molecule has 12 heteroatoms. The summed E-state index contributed by atoms with van der Waals surface area (Å²) in [5.41, 5.74) is 2.71. The number of hydrogen-bond acceptors (Lipinski definition) is 7. The SMILES string of the molecule is O=C(NOCc1ccccc1)[C@H]1C(=O)N(S(=O)(=O)O)[C@@H]1N1C(=O)c2ccccc2C1=O. The van der Waals surface area contributed by atoms with Gasteiger partial charge in [-0.15, -0.1) is 0 Å². The Kier molecular flexibility index (Phi) is 5.05. The van der Waals surface area contributed by atoms with Crippen molar-refractivity contribution in [1.82, 2.24) is 14.7 Å². The van der Waals surface area contributed by atoms with E-state index in [2.05, 4.69) is 0 Å². The van der Waals surface area contributed by atoms with Crippen molar-refractivity contribution in [1.29, 1.82) is 0 Å². The highest BCUT2D eigenvalue weighted by atomic mass is 32.2. The molecular formula is C19H15N3O8S. The number of hydrogen-bond donors (Lipinski definition) is 2. The first kappa shape index (κ1) is 20.7. The van der Waals surface area contributed by atoms with Gasteiger partial charge < -0.3 is 0 Å². The first-order chi connectivity index (χ1) is 14.7. The van der Waals surface area contributed by atoms with Crippen LogP contribution in [0.2, 0.25) is 0 Å². The predicted molar refractivity (Wildman–Crippen MR) is 102 cm³/mol. The molecule has 4 amide bonds. The Bertz CT molecular complexity index is 1160. The van der Waals surface area contributed by atoms with Crippen LogP contribution in [0.5, 0.6) is 0 Å². The third kappa shape index (κ3) is 3.46. The quantitative estimate of drug-likeness (QED) is 0.209.